The Bertz CT molecular complexity index is 598. The molecule has 1 aromatic carbocycles. The summed E-state index contributed by atoms with van der Waals surface area (Å²) in [4.78, 5) is 15.9. The minimum absolute atomic E-state index is 0.0861. The highest BCUT2D eigenvalue weighted by Crippen LogP contribution is 2.20. The number of carbonyl (C=O) groups is 1. The average molecular weight is 267 g/mol. The molecule has 3 rings (SSSR count). The molecule has 1 atom stereocenters. The van der Waals surface area contributed by atoms with Crippen LogP contribution in [0, 0.1) is 0 Å². The van der Waals surface area contributed by atoms with Gasteiger partial charge in [-0.05, 0) is 29.2 Å². The average Bonchev–Trinajstić information content (AvgIpc) is 2.51. The Labute approximate surface area is 118 Å². The molecule has 2 aromatic rings. The van der Waals surface area contributed by atoms with Crippen molar-refractivity contribution in [2.75, 3.05) is 13.1 Å². The number of hydrogen-bond donors (Lipinski definition) is 2. The fourth-order valence-corrected chi connectivity index (χ4v) is 2.46. The molecule has 0 radical (unpaired) electrons. The second kappa shape index (κ2) is 5.84. The van der Waals surface area contributed by atoms with E-state index in [1.807, 2.05) is 24.4 Å². The van der Waals surface area contributed by atoms with Gasteiger partial charge >= 0.3 is 0 Å². The van der Waals surface area contributed by atoms with Gasteiger partial charge in [-0.3, -0.25) is 9.78 Å². The minimum Gasteiger partial charge on any atom is -0.353 e. The molecule has 1 fully saturated rings. The van der Waals surface area contributed by atoms with E-state index in [2.05, 4.69) is 33.8 Å². The minimum atomic E-state index is -0.132. The lowest BCUT2D eigenvalue weighted by Crippen LogP contribution is -2.53. The Morgan fingerprint density at radius 1 is 1.15 bits per heavy atom. The van der Waals surface area contributed by atoms with Crippen LogP contribution < -0.4 is 10.6 Å². The van der Waals surface area contributed by atoms with Crippen molar-refractivity contribution in [1.82, 2.24) is 15.6 Å². The number of hydrogen-bond acceptors (Lipinski definition) is 3. The van der Waals surface area contributed by atoms with Gasteiger partial charge in [-0.1, -0.05) is 30.3 Å². The molecule has 0 bridgehead atoms. The lowest BCUT2D eigenvalue weighted by molar-refractivity contribution is -0.124. The van der Waals surface area contributed by atoms with E-state index in [0.717, 1.165) is 23.2 Å². The van der Waals surface area contributed by atoms with Gasteiger partial charge in [0.25, 0.3) is 0 Å². The summed E-state index contributed by atoms with van der Waals surface area (Å²) in [5.74, 6) is 0.0861. The van der Waals surface area contributed by atoms with Crippen molar-refractivity contribution in [2.45, 2.75) is 12.5 Å². The Morgan fingerprint density at radius 3 is 2.85 bits per heavy atom. The summed E-state index contributed by atoms with van der Waals surface area (Å²) in [6, 6.07) is 12.1. The quantitative estimate of drug-likeness (QED) is 0.883. The zero-order chi connectivity index (χ0) is 13.8. The first kappa shape index (κ1) is 12.8. The van der Waals surface area contributed by atoms with Crippen LogP contribution in [0.5, 0.6) is 0 Å². The molecule has 1 saturated heterocycles. The van der Waals surface area contributed by atoms with Crippen molar-refractivity contribution >= 4 is 5.91 Å². The third-order valence-corrected chi connectivity index (χ3v) is 3.49. The summed E-state index contributed by atoms with van der Waals surface area (Å²) < 4.78 is 0. The summed E-state index contributed by atoms with van der Waals surface area (Å²) in [7, 11) is 0. The molecule has 20 heavy (non-hydrogen) atoms. The zero-order valence-electron chi connectivity index (χ0n) is 11.2. The Morgan fingerprint density at radius 2 is 2.05 bits per heavy atom. The van der Waals surface area contributed by atoms with E-state index in [9.17, 15) is 4.79 Å². The maximum Gasteiger partial charge on any atom is 0.237 e. The van der Waals surface area contributed by atoms with Crippen LogP contribution in [0.2, 0.25) is 0 Å². The summed E-state index contributed by atoms with van der Waals surface area (Å²) in [6.45, 7) is 1.55. The molecule has 1 aromatic heterocycles. The van der Waals surface area contributed by atoms with Crippen molar-refractivity contribution < 1.29 is 4.79 Å². The molecule has 0 unspecified atom stereocenters. The lowest BCUT2D eigenvalue weighted by atomic mass is 9.99. The fourth-order valence-electron chi connectivity index (χ4n) is 2.46. The maximum atomic E-state index is 11.8. The Balaban J connectivity index is 1.79. The molecule has 2 N–H and O–H groups in total. The maximum absolute atomic E-state index is 11.8. The van der Waals surface area contributed by atoms with Gasteiger partial charge in [0, 0.05) is 25.5 Å². The number of nitrogens with zero attached hydrogens (tertiary/aromatic N) is 1. The molecule has 102 valence electrons. The zero-order valence-corrected chi connectivity index (χ0v) is 11.2. The first-order valence-corrected chi connectivity index (χ1v) is 6.83. The van der Waals surface area contributed by atoms with E-state index in [1.165, 1.54) is 0 Å². The van der Waals surface area contributed by atoms with E-state index in [-0.39, 0.29) is 11.9 Å². The largest absolute Gasteiger partial charge is 0.353 e. The van der Waals surface area contributed by atoms with E-state index >= 15 is 0 Å². The van der Waals surface area contributed by atoms with Gasteiger partial charge in [0.1, 0.15) is 0 Å². The fraction of sp³-hybridized carbons (Fsp3) is 0.250. The predicted octanol–water partition coefficient (Wildman–Crippen LogP) is 1.38. The van der Waals surface area contributed by atoms with Crippen LogP contribution in [-0.4, -0.2) is 30.0 Å². The standard InChI is InChI=1S/C16H17N3O/c20-16-15(18-7-8-19-16)10-12-3-1-4-13(9-12)14-5-2-6-17-11-14/h1-6,9,11,15,18H,7-8,10H2,(H,19,20)/t15-/m0/s1. The normalized spacial score (nSPS) is 18.6. The van der Waals surface area contributed by atoms with E-state index in [1.54, 1.807) is 6.20 Å². The number of amides is 1. The first-order valence-electron chi connectivity index (χ1n) is 6.83. The van der Waals surface area contributed by atoms with Crippen LogP contribution in [-0.2, 0) is 11.2 Å². The molecule has 4 heteroatoms. The topological polar surface area (TPSA) is 54.0 Å². The number of rotatable bonds is 3. The molecule has 2 heterocycles. The molecule has 4 nitrogen and oxygen atoms in total. The van der Waals surface area contributed by atoms with Crippen LogP contribution in [0.3, 0.4) is 0 Å². The summed E-state index contributed by atoms with van der Waals surface area (Å²) in [5.41, 5.74) is 3.38. The second-order valence-electron chi connectivity index (χ2n) is 4.94. The summed E-state index contributed by atoms with van der Waals surface area (Å²) in [6.07, 6.45) is 4.33. The number of piperazine rings is 1. The highest BCUT2D eigenvalue weighted by Gasteiger charge is 2.21. The van der Waals surface area contributed by atoms with Crippen LogP contribution >= 0.6 is 0 Å². The number of benzene rings is 1. The van der Waals surface area contributed by atoms with Crippen LogP contribution in [0.15, 0.2) is 48.8 Å². The van der Waals surface area contributed by atoms with Gasteiger partial charge in [-0.15, -0.1) is 0 Å². The highest BCUT2D eigenvalue weighted by molar-refractivity contribution is 5.82. The van der Waals surface area contributed by atoms with Gasteiger partial charge in [0.05, 0.1) is 6.04 Å². The Kier molecular flexibility index (Phi) is 3.74. The summed E-state index contributed by atoms with van der Waals surface area (Å²) in [5, 5.41) is 6.14. The van der Waals surface area contributed by atoms with Crippen LogP contribution in [0.25, 0.3) is 11.1 Å². The van der Waals surface area contributed by atoms with Crippen LogP contribution in [0.4, 0.5) is 0 Å². The number of nitrogens with one attached hydrogen (secondary N) is 2. The summed E-state index contributed by atoms with van der Waals surface area (Å²) >= 11 is 0. The van der Waals surface area contributed by atoms with Crippen molar-refractivity contribution in [3.8, 4) is 11.1 Å². The molecular formula is C16H17N3O. The molecule has 0 spiro atoms. The van der Waals surface area contributed by atoms with Gasteiger partial charge in [-0.2, -0.15) is 0 Å². The number of aromatic nitrogens is 1. The third-order valence-electron chi connectivity index (χ3n) is 3.49. The smallest absolute Gasteiger partial charge is 0.237 e. The number of pyridine rings is 1. The van der Waals surface area contributed by atoms with Crippen molar-refractivity contribution in [1.29, 1.82) is 0 Å². The van der Waals surface area contributed by atoms with Gasteiger partial charge < -0.3 is 10.6 Å². The lowest BCUT2D eigenvalue weighted by Gasteiger charge is -2.23. The third kappa shape index (κ3) is 2.86. The SMILES string of the molecule is O=C1NCCN[C@H]1Cc1cccc(-c2cccnc2)c1. The van der Waals surface area contributed by atoms with Gasteiger partial charge in [-0.25, -0.2) is 0 Å². The molecule has 0 saturated carbocycles. The highest BCUT2D eigenvalue weighted by atomic mass is 16.2. The van der Waals surface area contributed by atoms with Crippen molar-refractivity contribution in [3.63, 3.8) is 0 Å². The predicted molar refractivity (Wildman–Crippen MR) is 78.2 cm³/mol. The van der Waals surface area contributed by atoms with Gasteiger partial charge in [0.2, 0.25) is 5.91 Å². The molecule has 0 aliphatic carbocycles. The van der Waals surface area contributed by atoms with Gasteiger partial charge in [0.15, 0.2) is 0 Å². The van der Waals surface area contributed by atoms with E-state index in [0.29, 0.717) is 13.0 Å². The monoisotopic (exact) mass is 267 g/mol. The van der Waals surface area contributed by atoms with E-state index < -0.39 is 0 Å². The first-order chi connectivity index (χ1) is 9.83. The van der Waals surface area contributed by atoms with Crippen molar-refractivity contribution in [2.24, 2.45) is 0 Å². The van der Waals surface area contributed by atoms with Crippen molar-refractivity contribution in [3.05, 3.63) is 54.4 Å². The molecule has 1 amide bonds. The molecule has 1 aliphatic heterocycles. The van der Waals surface area contributed by atoms with Crippen LogP contribution in [0.1, 0.15) is 5.56 Å². The molecule has 1 aliphatic rings. The van der Waals surface area contributed by atoms with E-state index in [4.69, 9.17) is 0 Å². The molecular weight excluding hydrogens is 250 g/mol. The second-order valence-corrected chi connectivity index (χ2v) is 4.94. The Hall–Kier alpha value is -2.20. The number of carbonyl (C=O) groups excluding carboxylic acids is 1.